The second-order valence-corrected chi connectivity index (χ2v) is 8.26. The van der Waals surface area contributed by atoms with Crippen molar-refractivity contribution in [1.82, 2.24) is 0 Å². The number of nitrogens with two attached hydrogens (primary N) is 1. The zero-order valence-corrected chi connectivity index (χ0v) is 18.2. The van der Waals surface area contributed by atoms with Crippen LogP contribution in [0.5, 0.6) is 11.5 Å². The number of nitriles is 1. The minimum absolute atomic E-state index is 0.0553. The predicted octanol–water partition coefficient (Wildman–Crippen LogP) is 4.61. The third-order valence-corrected chi connectivity index (χ3v) is 6.09. The number of nitrogens with zero attached hydrogens (tertiary/aromatic N) is 2. The van der Waals surface area contributed by atoms with Gasteiger partial charge in [-0.15, -0.1) is 0 Å². The fourth-order valence-corrected chi connectivity index (χ4v) is 4.56. The van der Waals surface area contributed by atoms with Crippen LogP contribution >= 0.6 is 15.9 Å². The van der Waals surface area contributed by atoms with Gasteiger partial charge in [-0.1, -0.05) is 22.0 Å². The van der Waals surface area contributed by atoms with Crippen molar-refractivity contribution in [2.24, 2.45) is 5.73 Å². The minimum atomic E-state index is -0.725. The van der Waals surface area contributed by atoms with Crippen LogP contribution in [-0.2, 0) is 4.79 Å². The van der Waals surface area contributed by atoms with Crippen molar-refractivity contribution in [1.29, 1.82) is 5.26 Å². The highest BCUT2D eigenvalue weighted by Crippen LogP contribution is 2.47. The summed E-state index contributed by atoms with van der Waals surface area (Å²) in [5.74, 6) is -1.11. The lowest BCUT2D eigenvalue weighted by atomic mass is 9.75. The number of hydrogen-bond acceptors (Lipinski definition) is 6. The Morgan fingerprint density at radius 1 is 1.29 bits per heavy atom. The number of ketones is 1. The lowest BCUT2D eigenvalue weighted by Crippen LogP contribution is -2.39. The molecule has 2 aromatic carbocycles. The summed E-state index contributed by atoms with van der Waals surface area (Å²) < 4.78 is 20.6. The number of ether oxygens (including phenoxy) is 1. The largest absolute Gasteiger partial charge is 0.504 e. The molecule has 1 aliphatic carbocycles. The molecule has 0 radical (unpaired) electrons. The smallest absolute Gasteiger partial charge is 0.161 e. The fourth-order valence-electron chi connectivity index (χ4n) is 4.23. The van der Waals surface area contributed by atoms with Crippen molar-refractivity contribution in [3.63, 3.8) is 0 Å². The molecule has 2 aromatic rings. The highest BCUT2D eigenvalue weighted by molar-refractivity contribution is 9.10. The quantitative estimate of drug-likeness (QED) is 0.661. The van der Waals surface area contributed by atoms with E-state index in [1.807, 2.05) is 0 Å². The van der Waals surface area contributed by atoms with E-state index in [4.69, 9.17) is 10.5 Å². The molecule has 0 spiro atoms. The standard InChI is InChI=1S/C23H19BrFN3O3/c1-31-20-9-12(5-8-18(20)29)21-14(11-26)23(27)28(16-7-6-13(24)10-15(16)25)17-3-2-4-19(30)22(17)21/h5-10,21,29H,2-4,27H2,1H3/t21-/m0/s1. The summed E-state index contributed by atoms with van der Waals surface area (Å²) in [5, 5.41) is 20.0. The van der Waals surface area contributed by atoms with Gasteiger partial charge in [0, 0.05) is 22.2 Å². The number of carbonyl (C=O) groups is 1. The van der Waals surface area contributed by atoms with Crippen LogP contribution in [-0.4, -0.2) is 18.0 Å². The highest BCUT2D eigenvalue weighted by Gasteiger charge is 2.41. The summed E-state index contributed by atoms with van der Waals surface area (Å²) in [7, 11) is 1.42. The number of methoxy groups -OCH3 is 1. The first-order valence-electron chi connectivity index (χ1n) is 9.65. The van der Waals surface area contributed by atoms with Crippen LogP contribution in [0.2, 0.25) is 0 Å². The maximum Gasteiger partial charge on any atom is 0.161 e. The SMILES string of the molecule is COc1cc([C@H]2C(C#N)=C(N)N(c3ccc(Br)cc3F)C3=C2C(=O)CCC3)ccc1O. The molecule has 8 heteroatoms. The van der Waals surface area contributed by atoms with E-state index in [1.54, 1.807) is 24.3 Å². The first kappa shape index (κ1) is 20.9. The molecule has 158 valence electrons. The Kier molecular flexibility index (Phi) is 5.46. The van der Waals surface area contributed by atoms with Gasteiger partial charge < -0.3 is 15.6 Å². The summed E-state index contributed by atoms with van der Waals surface area (Å²) in [6, 6.07) is 11.4. The van der Waals surface area contributed by atoms with Crippen LogP contribution in [0.4, 0.5) is 10.1 Å². The Labute approximate surface area is 187 Å². The van der Waals surface area contributed by atoms with E-state index >= 15 is 0 Å². The maximum absolute atomic E-state index is 14.9. The number of carbonyl (C=O) groups excluding carboxylic acids is 1. The molecule has 0 saturated heterocycles. The van der Waals surface area contributed by atoms with E-state index in [1.165, 1.54) is 24.1 Å². The van der Waals surface area contributed by atoms with Crippen LogP contribution in [0, 0.1) is 17.1 Å². The third kappa shape index (κ3) is 3.45. The van der Waals surface area contributed by atoms with Crippen molar-refractivity contribution >= 4 is 27.4 Å². The normalized spacial score (nSPS) is 18.7. The molecule has 0 unspecified atom stereocenters. The number of phenolic OH excluding ortho intramolecular Hbond substituents is 1. The number of allylic oxidation sites excluding steroid dienone is 3. The molecule has 1 heterocycles. The number of Topliss-reactive ketones (excluding diaryl/α,β-unsaturated/α-hetero) is 1. The number of halogens is 2. The summed E-state index contributed by atoms with van der Waals surface area (Å²) in [5.41, 5.74) is 8.36. The Balaban J connectivity index is 1.98. The van der Waals surface area contributed by atoms with Crippen molar-refractivity contribution in [2.45, 2.75) is 25.2 Å². The zero-order chi connectivity index (χ0) is 22.3. The Morgan fingerprint density at radius 3 is 2.74 bits per heavy atom. The second-order valence-electron chi connectivity index (χ2n) is 7.34. The zero-order valence-electron chi connectivity index (χ0n) is 16.7. The summed E-state index contributed by atoms with van der Waals surface area (Å²) >= 11 is 3.25. The average molecular weight is 484 g/mol. The van der Waals surface area contributed by atoms with Gasteiger partial charge in [-0.2, -0.15) is 5.26 Å². The Bertz CT molecular complexity index is 1200. The minimum Gasteiger partial charge on any atom is -0.504 e. The molecule has 31 heavy (non-hydrogen) atoms. The van der Waals surface area contributed by atoms with Gasteiger partial charge in [0.2, 0.25) is 0 Å². The van der Waals surface area contributed by atoms with Gasteiger partial charge in [-0.25, -0.2) is 4.39 Å². The van der Waals surface area contributed by atoms with Crippen LogP contribution in [0.25, 0.3) is 0 Å². The molecule has 1 atom stereocenters. The molecule has 4 rings (SSSR count). The molecule has 0 fully saturated rings. The topological polar surface area (TPSA) is 99.6 Å². The molecule has 1 aliphatic heterocycles. The average Bonchev–Trinajstić information content (AvgIpc) is 2.74. The molecule has 0 bridgehead atoms. The van der Waals surface area contributed by atoms with E-state index in [0.717, 1.165) is 0 Å². The van der Waals surface area contributed by atoms with Gasteiger partial charge >= 0.3 is 0 Å². The second kappa shape index (κ2) is 8.08. The number of aromatic hydroxyl groups is 1. The van der Waals surface area contributed by atoms with E-state index in [2.05, 4.69) is 22.0 Å². The summed E-state index contributed by atoms with van der Waals surface area (Å²) in [6.45, 7) is 0. The van der Waals surface area contributed by atoms with Crippen molar-refractivity contribution in [3.8, 4) is 17.6 Å². The highest BCUT2D eigenvalue weighted by atomic mass is 79.9. The first-order chi connectivity index (χ1) is 14.9. The van der Waals surface area contributed by atoms with Gasteiger partial charge in [-0.3, -0.25) is 9.69 Å². The molecule has 3 N–H and O–H groups in total. The molecule has 0 amide bonds. The van der Waals surface area contributed by atoms with Crippen LogP contribution < -0.4 is 15.4 Å². The number of rotatable bonds is 3. The van der Waals surface area contributed by atoms with Crippen LogP contribution in [0.15, 0.2) is 63.5 Å². The third-order valence-electron chi connectivity index (χ3n) is 5.60. The molecule has 6 nitrogen and oxygen atoms in total. The van der Waals surface area contributed by atoms with Gasteiger partial charge in [0.1, 0.15) is 11.6 Å². The molecule has 2 aliphatic rings. The van der Waals surface area contributed by atoms with E-state index in [0.29, 0.717) is 40.6 Å². The lowest BCUT2D eigenvalue weighted by Gasteiger charge is -2.39. The number of anilines is 1. The fraction of sp³-hybridized carbons (Fsp3) is 0.217. The Morgan fingerprint density at radius 2 is 2.06 bits per heavy atom. The maximum atomic E-state index is 14.9. The van der Waals surface area contributed by atoms with Gasteiger partial charge in [-0.05, 0) is 48.7 Å². The van der Waals surface area contributed by atoms with Crippen LogP contribution in [0.1, 0.15) is 30.7 Å². The Hall–Kier alpha value is -3.31. The van der Waals surface area contributed by atoms with Crippen molar-refractivity contribution in [2.75, 3.05) is 12.0 Å². The summed E-state index contributed by atoms with van der Waals surface area (Å²) in [6.07, 6.45) is 1.45. The van der Waals surface area contributed by atoms with Gasteiger partial charge in [0.15, 0.2) is 17.3 Å². The molecular formula is C23H19BrFN3O3. The molecular weight excluding hydrogens is 465 g/mol. The van der Waals surface area contributed by atoms with Gasteiger partial charge in [0.05, 0.1) is 30.4 Å². The van der Waals surface area contributed by atoms with Gasteiger partial charge in [0.25, 0.3) is 0 Å². The van der Waals surface area contributed by atoms with Crippen LogP contribution in [0.3, 0.4) is 0 Å². The summed E-state index contributed by atoms with van der Waals surface area (Å²) in [4.78, 5) is 14.6. The number of benzene rings is 2. The molecule has 0 aromatic heterocycles. The monoisotopic (exact) mass is 483 g/mol. The number of phenols is 1. The van der Waals surface area contributed by atoms with E-state index in [-0.39, 0.29) is 34.4 Å². The molecule has 0 saturated carbocycles. The number of hydrogen-bond donors (Lipinski definition) is 2. The van der Waals surface area contributed by atoms with E-state index < -0.39 is 11.7 Å². The van der Waals surface area contributed by atoms with E-state index in [9.17, 15) is 19.6 Å². The predicted molar refractivity (Wildman–Crippen MR) is 117 cm³/mol. The van der Waals surface area contributed by atoms with Crippen molar-refractivity contribution in [3.05, 3.63) is 74.9 Å². The first-order valence-corrected chi connectivity index (χ1v) is 10.4. The lowest BCUT2D eigenvalue weighted by molar-refractivity contribution is -0.116. The van der Waals surface area contributed by atoms with Crippen molar-refractivity contribution < 1.29 is 19.0 Å².